The molecule has 76 valence electrons. The maximum absolute atomic E-state index is 11.0. The van der Waals surface area contributed by atoms with Crippen LogP contribution in [0.2, 0.25) is 0 Å². The van der Waals surface area contributed by atoms with Crippen molar-refractivity contribution < 1.29 is 9.53 Å². The van der Waals surface area contributed by atoms with Gasteiger partial charge in [0.25, 0.3) is 0 Å². The molecule has 0 saturated carbocycles. The Bertz CT molecular complexity index is 299. The van der Waals surface area contributed by atoms with Crippen molar-refractivity contribution in [1.82, 2.24) is 0 Å². The van der Waals surface area contributed by atoms with Crippen LogP contribution in [0, 0.1) is 0 Å². The summed E-state index contributed by atoms with van der Waals surface area (Å²) >= 11 is 0. The van der Waals surface area contributed by atoms with Crippen LogP contribution in [0.25, 0.3) is 0 Å². The SMILES string of the molecule is COC(=O)Cc1ccc(C(C)C)cc1. The van der Waals surface area contributed by atoms with Crippen LogP contribution in [0.4, 0.5) is 0 Å². The van der Waals surface area contributed by atoms with Gasteiger partial charge in [-0.05, 0) is 17.0 Å². The molecule has 0 saturated heterocycles. The minimum absolute atomic E-state index is 0.192. The van der Waals surface area contributed by atoms with E-state index in [1.807, 2.05) is 12.1 Å². The number of carbonyl (C=O) groups is 1. The van der Waals surface area contributed by atoms with Crippen molar-refractivity contribution in [3.8, 4) is 0 Å². The Hall–Kier alpha value is -1.31. The Morgan fingerprint density at radius 2 is 1.86 bits per heavy atom. The summed E-state index contributed by atoms with van der Waals surface area (Å²) in [6.45, 7) is 4.30. The maximum atomic E-state index is 11.0. The monoisotopic (exact) mass is 192 g/mol. The number of carbonyl (C=O) groups excluding carboxylic acids is 1. The second-order valence-corrected chi connectivity index (χ2v) is 3.65. The molecule has 0 N–H and O–H groups in total. The van der Waals surface area contributed by atoms with Gasteiger partial charge in [-0.25, -0.2) is 0 Å². The zero-order valence-electron chi connectivity index (χ0n) is 8.91. The van der Waals surface area contributed by atoms with Crippen LogP contribution < -0.4 is 0 Å². The highest BCUT2D eigenvalue weighted by Crippen LogP contribution is 2.14. The van der Waals surface area contributed by atoms with Gasteiger partial charge in [0.2, 0.25) is 0 Å². The van der Waals surface area contributed by atoms with E-state index in [0.29, 0.717) is 12.3 Å². The summed E-state index contributed by atoms with van der Waals surface area (Å²) in [6, 6.07) is 8.07. The molecule has 1 rings (SSSR count). The topological polar surface area (TPSA) is 26.3 Å². The highest BCUT2D eigenvalue weighted by Gasteiger charge is 2.03. The average Bonchev–Trinajstić information content (AvgIpc) is 2.18. The molecular formula is C12H16O2. The van der Waals surface area contributed by atoms with Crippen LogP contribution in [-0.4, -0.2) is 13.1 Å². The predicted octanol–water partition coefficient (Wildman–Crippen LogP) is 2.53. The lowest BCUT2D eigenvalue weighted by Gasteiger charge is -2.05. The average molecular weight is 192 g/mol. The molecule has 0 spiro atoms. The molecule has 2 nitrogen and oxygen atoms in total. The molecule has 0 atom stereocenters. The molecule has 0 aliphatic heterocycles. The molecular weight excluding hydrogens is 176 g/mol. The molecule has 1 aromatic carbocycles. The third kappa shape index (κ3) is 2.87. The second-order valence-electron chi connectivity index (χ2n) is 3.65. The Balaban J connectivity index is 2.69. The molecule has 0 bridgehead atoms. The first kappa shape index (κ1) is 10.8. The Morgan fingerprint density at radius 1 is 1.29 bits per heavy atom. The molecule has 0 aliphatic carbocycles. The lowest BCUT2D eigenvalue weighted by molar-refractivity contribution is -0.139. The van der Waals surface area contributed by atoms with Gasteiger partial charge >= 0.3 is 5.97 Å². The summed E-state index contributed by atoms with van der Waals surface area (Å²) in [7, 11) is 1.41. The summed E-state index contributed by atoms with van der Waals surface area (Å²) in [5.74, 6) is 0.337. The fraction of sp³-hybridized carbons (Fsp3) is 0.417. The summed E-state index contributed by atoms with van der Waals surface area (Å²) in [5, 5.41) is 0. The van der Waals surface area contributed by atoms with E-state index in [-0.39, 0.29) is 5.97 Å². The van der Waals surface area contributed by atoms with Crippen LogP contribution in [0.15, 0.2) is 24.3 Å². The smallest absolute Gasteiger partial charge is 0.309 e. The van der Waals surface area contributed by atoms with Crippen molar-refractivity contribution >= 4 is 5.97 Å². The molecule has 0 heterocycles. The van der Waals surface area contributed by atoms with E-state index in [2.05, 4.69) is 30.7 Å². The van der Waals surface area contributed by atoms with Gasteiger partial charge in [-0.3, -0.25) is 4.79 Å². The molecule has 0 amide bonds. The number of ether oxygens (including phenoxy) is 1. The Morgan fingerprint density at radius 3 is 2.29 bits per heavy atom. The Labute approximate surface area is 84.9 Å². The van der Waals surface area contributed by atoms with Crippen molar-refractivity contribution in [2.75, 3.05) is 7.11 Å². The van der Waals surface area contributed by atoms with Gasteiger partial charge in [0.15, 0.2) is 0 Å². The lowest BCUT2D eigenvalue weighted by Crippen LogP contribution is -2.04. The fourth-order valence-electron chi connectivity index (χ4n) is 1.26. The highest BCUT2D eigenvalue weighted by atomic mass is 16.5. The van der Waals surface area contributed by atoms with Crippen molar-refractivity contribution in [1.29, 1.82) is 0 Å². The zero-order valence-corrected chi connectivity index (χ0v) is 8.91. The quantitative estimate of drug-likeness (QED) is 0.688. The second kappa shape index (κ2) is 4.80. The molecule has 14 heavy (non-hydrogen) atoms. The summed E-state index contributed by atoms with van der Waals surface area (Å²) in [4.78, 5) is 11.0. The lowest BCUT2D eigenvalue weighted by atomic mass is 10.0. The molecule has 0 aliphatic rings. The molecule has 1 aromatic rings. The van der Waals surface area contributed by atoms with Crippen molar-refractivity contribution in [3.63, 3.8) is 0 Å². The molecule has 0 fully saturated rings. The largest absolute Gasteiger partial charge is 0.469 e. The van der Waals surface area contributed by atoms with Crippen LogP contribution in [0.1, 0.15) is 30.9 Å². The van der Waals surface area contributed by atoms with E-state index in [9.17, 15) is 4.79 Å². The van der Waals surface area contributed by atoms with Gasteiger partial charge in [-0.1, -0.05) is 38.1 Å². The zero-order chi connectivity index (χ0) is 10.6. The number of methoxy groups -OCH3 is 1. The van der Waals surface area contributed by atoms with Gasteiger partial charge in [-0.2, -0.15) is 0 Å². The van der Waals surface area contributed by atoms with Gasteiger partial charge in [0.05, 0.1) is 13.5 Å². The van der Waals surface area contributed by atoms with Crippen LogP contribution in [0.5, 0.6) is 0 Å². The molecule has 2 heteroatoms. The van der Waals surface area contributed by atoms with Crippen LogP contribution >= 0.6 is 0 Å². The van der Waals surface area contributed by atoms with Gasteiger partial charge in [0, 0.05) is 0 Å². The predicted molar refractivity (Wildman–Crippen MR) is 56.3 cm³/mol. The third-order valence-corrected chi connectivity index (χ3v) is 2.22. The van der Waals surface area contributed by atoms with Crippen LogP contribution in [0.3, 0.4) is 0 Å². The maximum Gasteiger partial charge on any atom is 0.309 e. The number of rotatable bonds is 3. The Kier molecular flexibility index (Phi) is 3.69. The number of esters is 1. The van der Waals surface area contributed by atoms with Gasteiger partial charge in [0.1, 0.15) is 0 Å². The minimum Gasteiger partial charge on any atom is -0.469 e. The molecule has 0 aromatic heterocycles. The normalized spacial score (nSPS) is 10.3. The van der Waals surface area contributed by atoms with E-state index in [4.69, 9.17) is 0 Å². The van der Waals surface area contributed by atoms with E-state index >= 15 is 0 Å². The van der Waals surface area contributed by atoms with Crippen molar-refractivity contribution in [2.45, 2.75) is 26.2 Å². The first-order valence-electron chi connectivity index (χ1n) is 4.79. The van der Waals surface area contributed by atoms with E-state index in [1.165, 1.54) is 12.7 Å². The highest BCUT2D eigenvalue weighted by molar-refractivity contribution is 5.72. The number of hydrogen-bond acceptors (Lipinski definition) is 2. The fourth-order valence-corrected chi connectivity index (χ4v) is 1.26. The van der Waals surface area contributed by atoms with E-state index in [1.54, 1.807) is 0 Å². The van der Waals surface area contributed by atoms with Gasteiger partial charge in [-0.15, -0.1) is 0 Å². The summed E-state index contributed by atoms with van der Waals surface area (Å²) in [6.07, 6.45) is 0.356. The van der Waals surface area contributed by atoms with E-state index < -0.39 is 0 Å². The third-order valence-electron chi connectivity index (χ3n) is 2.22. The summed E-state index contributed by atoms with van der Waals surface area (Å²) in [5.41, 5.74) is 2.29. The summed E-state index contributed by atoms with van der Waals surface area (Å²) < 4.78 is 4.59. The minimum atomic E-state index is -0.192. The molecule has 0 unspecified atom stereocenters. The van der Waals surface area contributed by atoms with Crippen molar-refractivity contribution in [3.05, 3.63) is 35.4 Å². The van der Waals surface area contributed by atoms with Crippen LogP contribution in [-0.2, 0) is 16.0 Å². The van der Waals surface area contributed by atoms with E-state index in [0.717, 1.165) is 5.56 Å². The number of benzene rings is 1. The number of hydrogen-bond donors (Lipinski definition) is 0. The first-order chi connectivity index (χ1) is 6.63. The standard InChI is InChI=1S/C12H16O2/c1-9(2)11-6-4-10(5-7-11)8-12(13)14-3/h4-7,9H,8H2,1-3H3. The molecule has 0 radical (unpaired) electrons. The van der Waals surface area contributed by atoms with Crippen molar-refractivity contribution in [2.24, 2.45) is 0 Å². The van der Waals surface area contributed by atoms with Gasteiger partial charge < -0.3 is 4.74 Å². The first-order valence-corrected chi connectivity index (χ1v) is 4.79.